The third-order valence-electron chi connectivity index (χ3n) is 2.54. The summed E-state index contributed by atoms with van der Waals surface area (Å²) in [5.41, 5.74) is 2.93. The van der Waals surface area contributed by atoms with Crippen molar-refractivity contribution < 1.29 is 50.7 Å². The molecule has 0 heterocycles. The van der Waals surface area contributed by atoms with E-state index in [0.717, 1.165) is 9.52 Å². The molecular weight excluding hydrogens is 494 g/mol. The summed E-state index contributed by atoms with van der Waals surface area (Å²) >= 11 is 0. The van der Waals surface area contributed by atoms with Crippen molar-refractivity contribution in [2.75, 3.05) is 0 Å². The van der Waals surface area contributed by atoms with Crippen LogP contribution in [0.15, 0.2) is 48.5 Å². The van der Waals surface area contributed by atoms with Crippen LogP contribution in [0.2, 0.25) is 13.1 Å². The van der Waals surface area contributed by atoms with Crippen molar-refractivity contribution in [3.05, 3.63) is 59.7 Å². The van der Waals surface area contributed by atoms with Gasteiger partial charge in [-0.1, -0.05) is 52.6 Å². The Labute approximate surface area is 171 Å². The zero-order chi connectivity index (χ0) is 14.3. The standard InChI is InChI=1S/2C8H11.C2H7Si.2ClH.Hf/c2*1-2-5-8-6-3-4-7-8;1-3-2;;;/h2*3-4,6-7H,2,5H2,1H3;3H,1-2H3;2*1H;/q2*-1;;;;+4/p-2. The Morgan fingerprint density at radius 3 is 1.09 bits per heavy atom. The van der Waals surface area contributed by atoms with Crippen LogP contribution in [-0.4, -0.2) is 9.52 Å². The minimum absolute atomic E-state index is 0. The molecule has 0 nitrogen and oxygen atoms in total. The van der Waals surface area contributed by atoms with Crippen molar-refractivity contribution in [3.8, 4) is 0 Å². The average molecular weight is 523 g/mol. The van der Waals surface area contributed by atoms with Crippen molar-refractivity contribution in [1.82, 2.24) is 0 Å². The van der Waals surface area contributed by atoms with Gasteiger partial charge in [-0.15, -0.1) is 0 Å². The Morgan fingerprint density at radius 2 is 0.909 bits per heavy atom. The van der Waals surface area contributed by atoms with Gasteiger partial charge in [-0.05, 0) is 0 Å². The normalized spacial score (nSPS) is 7.82. The van der Waals surface area contributed by atoms with Crippen molar-refractivity contribution in [2.24, 2.45) is 0 Å². The van der Waals surface area contributed by atoms with Gasteiger partial charge >= 0.3 is 25.8 Å². The molecule has 0 aliphatic rings. The first-order valence-electron chi connectivity index (χ1n) is 7.43. The summed E-state index contributed by atoms with van der Waals surface area (Å²) in [5, 5.41) is 0. The predicted molar refractivity (Wildman–Crippen MR) is 90.9 cm³/mol. The fourth-order valence-corrected chi connectivity index (χ4v) is 1.74. The maximum absolute atomic E-state index is 2.21. The summed E-state index contributed by atoms with van der Waals surface area (Å²) in [6.07, 6.45) is 4.97. The summed E-state index contributed by atoms with van der Waals surface area (Å²) in [4.78, 5) is 0. The molecule has 0 amide bonds. The van der Waals surface area contributed by atoms with Crippen LogP contribution < -0.4 is 24.8 Å². The minimum Gasteiger partial charge on any atom is -1.00 e. The van der Waals surface area contributed by atoms with Crippen molar-refractivity contribution in [2.45, 2.75) is 52.6 Å². The van der Waals surface area contributed by atoms with Crippen LogP contribution in [0.25, 0.3) is 0 Å². The monoisotopic (exact) mass is 523 g/mol. The number of halogens is 2. The Hall–Kier alpha value is 0.367. The predicted octanol–water partition coefficient (Wildman–Crippen LogP) is -0.759. The molecule has 0 bridgehead atoms. The molecule has 1 radical (unpaired) electrons. The molecular formula is C18H29Cl2HfSi. The summed E-state index contributed by atoms with van der Waals surface area (Å²) in [5.74, 6) is 0. The summed E-state index contributed by atoms with van der Waals surface area (Å²) in [6.45, 7) is 8.82. The van der Waals surface area contributed by atoms with Gasteiger partial charge in [-0.25, -0.2) is 24.3 Å². The van der Waals surface area contributed by atoms with Crippen molar-refractivity contribution in [3.63, 3.8) is 0 Å². The van der Waals surface area contributed by atoms with Gasteiger partial charge in [0.15, 0.2) is 0 Å². The van der Waals surface area contributed by atoms with Crippen LogP contribution >= 0.6 is 0 Å². The topological polar surface area (TPSA) is 0 Å². The first-order valence-corrected chi connectivity index (χ1v) is 9.74. The molecule has 0 atom stereocenters. The molecule has 0 spiro atoms. The van der Waals surface area contributed by atoms with Crippen LogP contribution in [0, 0.1) is 0 Å². The van der Waals surface area contributed by atoms with Gasteiger partial charge < -0.3 is 24.8 Å². The molecule has 2 aromatic carbocycles. The van der Waals surface area contributed by atoms with E-state index in [0.29, 0.717) is 0 Å². The zero-order valence-electron chi connectivity index (χ0n) is 14.3. The van der Waals surface area contributed by atoms with Crippen molar-refractivity contribution in [1.29, 1.82) is 0 Å². The van der Waals surface area contributed by atoms with Gasteiger partial charge in [0, 0.05) is 9.52 Å². The third-order valence-corrected chi connectivity index (χ3v) is 2.54. The smallest absolute Gasteiger partial charge is 1.00 e. The molecule has 123 valence electrons. The maximum atomic E-state index is 2.21. The van der Waals surface area contributed by atoms with Crippen LogP contribution in [0.4, 0.5) is 0 Å². The molecule has 4 heteroatoms. The molecule has 2 aromatic rings. The van der Waals surface area contributed by atoms with Crippen LogP contribution in [-0.2, 0) is 38.7 Å². The van der Waals surface area contributed by atoms with E-state index in [1.807, 2.05) is 0 Å². The Balaban J connectivity index is -0.000000112. The third kappa shape index (κ3) is 18.4. The van der Waals surface area contributed by atoms with Gasteiger partial charge in [0.2, 0.25) is 0 Å². The van der Waals surface area contributed by atoms with E-state index in [9.17, 15) is 0 Å². The summed E-state index contributed by atoms with van der Waals surface area (Å²) < 4.78 is 0. The van der Waals surface area contributed by atoms with Crippen LogP contribution in [0.5, 0.6) is 0 Å². The fourth-order valence-electron chi connectivity index (χ4n) is 1.74. The van der Waals surface area contributed by atoms with Gasteiger partial charge in [0.05, 0.1) is 0 Å². The second-order valence-corrected chi connectivity index (χ2v) is 5.82. The molecule has 0 saturated heterocycles. The number of rotatable bonds is 4. The fraction of sp³-hybridized carbons (Fsp3) is 0.444. The zero-order valence-corrected chi connectivity index (χ0v) is 20.5. The molecule has 0 aromatic heterocycles. The van der Waals surface area contributed by atoms with Crippen molar-refractivity contribution >= 4 is 9.52 Å². The van der Waals surface area contributed by atoms with E-state index < -0.39 is 0 Å². The van der Waals surface area contributed by atoms with E-state index >= 15 is 0 Å². The minimum atomic E-state index is 0. The van der Waals surface area contributed by atoms with Gasteiger partial charge in [-0.3, -0.25) is 0 Å². The van der Waals surface area contributed by atoms with Crippen LogP contribution in [0.1, 0.15) is 37.8 Å². The second kappa shape index (κ2) is 23.6. The molecule has 2 rings (SSSR count). The van der Waals surface area contributed by atoms with E-state index in [1.165, 1.54) is 36.8 Å². The molecule has 0 aliphatic carbocycles. The number of hydrogen-bond donors (Lipinski definition) is 0. The van der Waals surface area contributed by atoms with Gasteiger partial charge in [-0.2, -0.15) is 35.4 Å². The maximum Gasteiger partial charge on any atom is 4.00 e. The van der Waals surface area contributed by atoms with Gasteiger partial charge in [0.25, 0.3) is 0 Å². The number of hydrogen-bond acceptors (Lipinski definition) is 0. The van der Waals surface area contributed by atoms with E-state index in [1.54, 1.807) is 0 Å². The molecule has 0 aliphatic heterocycles. The van der Waals surface area contributed by atoms with E-state index in [2.05, 4.69) is 75.5 Å². The Kier molecular flexibility index (Phi) is 32.5. The second-order valence-electron chi connectivity index (χ2n) is 4.66. The Morgan fingerprint density at radius 1 is 0.682 bits per heavy atom. The Bertz CT molecular complexity index is 322. The molecule has 22 heavy (non-hydrogen) atoms. The first kappa shape index (κ1) is 30.3. The number of aryl methyl sites for hydroxylation is 2. The first-order chi connectivity index (χ1) is 9.28. The SMILES string of the molecule is CCC[c-]1cccc1.CCC[c-]1cccc1.C[SiH]C.[Cl-].[Cl-].[Hf+4]. The quantitative estimate of drug-likeness (QED) is 0.366. The van der Waals surface area contributed by atoms with Crippen LogP contribution in [0.3, 0.4) is 0 Å². The van der Waals surface area contributed by atoms with E-state index in [4.69, 9.17) is 0 Å². The largest absolute Gasteiger partial charge is 4.00 e. The molecule has 0 fully saturated rings. The van der Waals surface area contributed by atoms with Gasteiger partial charge in [0.1, 0.15) is 0 Å². The van der Waals surface area contributed by atoms with E-state index in [-0.39, 0.29) is 50.7 Å². The molecule has 0 saturated carbocycles. The molecule has 0 N–H and O–H groups in total. The summed E-state index contributed by atoms with van der Waals surface area (Å²) in [6, 6.07) is 17.0. The summed E-state index contributed by atoms with van der Waals surface area (Å²) in [7, 11) is 0.750. The molecule has 0 unspecified atom stereocenters. The average Bonchev–Trinajstić information content (AvgIpc) is 3.05.